The minimum absolute atomic E-state index is 0.194. The second kappa shape index (κ2) is 6.99. The van der Waals surface area contributed by atoms with Gasteiger partial charge in [0.05, 0.1) is 19.5 Å². The molecule has 3 rings (SSSR count). The molecule has 0 radical (unpaired) electrons. The molecule has 1 saturated heterocycles. The SMILES string of the molecule is FC(F)(F)c1nc(C(F)(F)F)c2ncn(CCCN3CCOCC3)c2n1. The number of halogens is 6. The summed E-state index contributed by atoms with van der Waals surface area (Å²) in [4.78, 5) is 11.6. The third-order valence-corrected chi connectivity index (χ3v) is 3.96. The quantitative estimate of drug-likeness (QED) is 0.760. The lowest BCUT2D eigenvalue weighted by molar-refractivity contribution is -0.151. The molecule has 2 aromatic heterocycles. The Labute approximate surface area is 143 Å². The number of alkyl halides is 6. The zero-order valence-electron chi connectivity index (χ0n) is 13.4. The predicted octanol–water partition coefficient (Wildman–Crippen LogP) is 2.59. The second-order valence-corrected chi connectivity index (χ2v) is 5.81. The van der Waals surface area contributed by atoms with E-state index in [4.69, 9.17) is 4.74 Å². The van der Waals surface area contributed by atoms with Crippen LogP contribution in [-0.2, 0) is 23.6 Å². The highest BCUT2D eigenvalue weighted by Crippen LogP contribution is 2.35. The zero-order valence-corrected chi connectivity index (χ0v) is 13.4. The van der Waals surface area contributed by atoms with Crippen LogP contribution < -0.4 is 0 Å². The van der Waals surface area contributed by atoms with Gasteiger partial charge in [-0.2, -0.15) is 26.3 Å². The van der Waals surface area contributed by atoms with E-state index in [1.807, 2.05) is 0 Å². The maximum Gasteiger partial charge on any atom is 0.451 e. The molecule has 0 saturated carbocycles. The Hall–Kier alpha value is -1.95. The number of imidazole rings is 1. The van der Waals surface area contributed by atoms with Gasteiger partial charge in [0.25, 0.3) is 0 Å². The molecule has 12 heteroatoms. The van der Waals surface area contributed by atoms with Crippen LogP contribution in [0.1, 0.15) is 17.9 Å². The third kappa shape index (κ3) is 4.06. The first-order chi connectivity index (χ1) is 12.2. The van der Waals surface area contributed by atoms with Crippen molar-refractivity contribution in [1.29, 1.82) is 0 Å². The summed E-state index contributed by atoms with van der Waals surface area (Å²) in [5.74, 6) is -1.83. The van der Waals surface area contributed by atoms with Gasteiger partial charge in [-0.05, 0) is 6.42 Å². The number of hydrogen-bond donors (Lipinski definition) is 0. The number of rotatable bonds is 4. The van der Waals surface area contributed by atoms with Gasteiger partial charge >= 0.3 is 12.4 Å². The first-order valence-corrected chi connectivity index (χ1v) is 7.83. The first-order valence-electron chi connectivity index (χ1n) is 7.83. The molecule has 1 aliphatic rings. The number of hydrogen-bond acceptors (Lipinski definition) is 5. The van der Waals surface area contributed by atoms with Gasteiger partial charge in [-0.1, -0.05) is 0 Å². The summed E-state index contributed by atoms with van der Waals surface area (Å²) in [6.07, 6.45) is -8.56. The smallest absolute Gasteiger partial charge is 0.379 e. The number of fused-ring (bicyclic) bond motifs is 1. The summed E-state index contributed by atoms with van der Waals surface area (Å²) in [6, 6.07) is 0. The minimum atomic E-state index is -5.09. The normalized spacial score (nSPS) is 17.2. The van der Waals surface area contributed by atoms with Crippen molar-refractivity contribution in [2.24, 2.45) is 0 Å². The van der Waals surface area contributed by atoms with Crippen LogP contribution in [0.2, 0.25) is 0 Å². The third-order valence-electron chi connectivity index (χ3n) is 3.96. The Bertz CT molecular complexity index is 765. The lowest BCUT2D eigenvalue weighted by Crippen LogP contribution is -2.37. The molecule has 0 N–H and O–H groups in total. The molecule has 26 heavy (non-hydrogen) atoms. The molecule has 0 aromatic carbocycles. The summed E-state index contributed by atoms with van der Waals surface area (Å²) in [5.41, 5.74) is -2.83. The molecule has 1 fully saturated rings. The summed E-state index contributed by atoms with van der Waals surface area (Å²) in [5, 5.41) is 0. The lowest BCUT2D eigenvalue weighted by Gasteiger charge is -2.26. The lowest BCUT2D eigenvalue weighted by atomic mass is 10.3. The number of nitrogens with zero attached hydrogens (tertiary/aromatic N) is 5. The van der Waals surface area contributed by atoms with E-state index in [-0.39, 0.29) is 6.54 Å². The highest BCUT2D eigenvalue weighted by atomic mass is 19.4. The van der Waals surface area contributed by atoms with E-state index in [0.29, 0.717) is 26.2 Å². The number of ether oxygens (including phenoxy) is 1. The van der Waals surface area contributed by atoms with E-state index in [1.54, 1.807) is 0 Å². The van der Waals surface area contributed by atoms with Crippen molar-refractivity contribution in [2.45, 2.75) is 25.3 Å². The molecule has 0 bridgehead atoms. The molecule has 0 atom stereocenters. The fourth-order valence-corrected chi connectivity index (χ4v) is 2.72. The summed E-state index contributed by atoms with van der Waals surface area (Å²) < 4.78 is 84.2. The van der Waals surface area contributed by atoms with Gasteiger partial charge in [0, 0.05) is 26.2 Å². The average molecular weight is 383 g/mol. The molecule has 1 aliphatic heterocycles. The average Bonchev–Trinajstić information content (AvgIpc) is 2.96. The van der Waals surface area contributed by atoms with Crippen molar-refractivity contribution in [3.8, 4) is 0 Å². The van der Waals surface area contributed by atoms with E-state index in [1.165, 1.54) is 4.57 Å². The van der Waals surface area contributed by atoms with Crippen LogP contribution in [0.25, 0.3) is 11.2 Å². The highest BCUT2D eigenvalue weighted by Gasteiger charge is 2.42. The summed E-state index contributed by atoms with van der Waals surface area (Å²) in [6.45, 7) is 3.52. The Morgan fingerprint density at radius 1 is 0.962 bits per heavy atom. The van der Waals surface area contributed by atoms with Gasteiger partial charge in [0.2, 0.25) is 5.82 Å². The molecule has 0 aliphatic carbocycles. The van der Waals surface area contributed by atoms with Crippen molar-refractivity contribution >= 4 is 11.2 Å². The van der Waals surface area contributed by atoms with Crippen molar-refractivity contribution in [2.75, 3.05) is 32.8 Å². The van der Waals surface area contributed by atoms with Gasteiger partial charge in [-0.25, -0.2) is 15.0 Å². The maximum absolute atomic E-state index is 13.1. The van der Waals surface area contributed by atoms with Crippen LogP contribution in [-0.4, -0.2) is 57.3 Å². The van der Waals surface area contributed by atoms with Crippen molar-refractivity contribution in [3.63, 3.8) is 0 Å². The fourth-order valence-electron chi connectivity index (χ4n) is 2.72. The van der Waals surface area contributed by atoms with Gasteiger partial charge in [-0.3, -0.25) is 4.90 Å². The Balaban J connectivity index is 1.86. The number of aromatic nitrogens is 4. The second-order valence-electron chi connectivity index (χ2n) is 5.81. The topological polar surface area (TPSA) is 56.1 Å². The zero-order chi connectivity index (χ0) is 18.9. The molecular weight excluding hydrogens is 368 g/mol. The van der Waals surface area contributed by atoms with Gasteiger partial charge in [0.15, 0.2) is 11.3 Å². The standard InChI is InChI=1S/C14H15F6N5O/c15-13(16,17)10-9-11(23-12(22-10)14(18,19)20)25(8-21-9)3-1-2-24-4-6-26-7-5-24/h8H,1-7H2. The Morgan fingerprint density at radius 2 is 1.65 bits per heavy atom. The van der Waals surface area contributed by atoms with Crippen LogP contribution in [0.5, 0.6) is 0 Å². The van der Waals surface area contributed by atoms with Crippen LogP contribution in [0.4, 0.5) is 26.3 Å². The monoisotopic (exact) mass is 383 g/mol. The molecule has 6 nitrogen and oxygen atoms in total. The Kier molecular flexibility index (Phi) is 5.06. The summed E-state index contributed by atoms with van der Waals surface area (Å²) in [7, 11) is 0. The van der Waals surface area contributed by atoms with E-state index < -0.39 is 35.0 Å². The van der Waals surface area contributed by atoms with Crippen LogP contribution in [0, 0.1) is 0 Å². The maximum atomic E-state index is 13.1. The van der Waals surface area contributed by atoms with Gasteiger partial charge in [0.1, 0.15) is 5.52 Å². The molecule has 2 aromatic rings. The molecule has 0 spiro atoms. The van der Waals surface area contributed by atoms with Crippen LogP contribution in [0.15, 0.2) is 6.33 Å². The van der Waals surface area contributed by atoms with Crippen molar-refractivity contribution in [1.82, 2.24) is 24.4 Å². The van der Waals surface area contributed by atoms with Crippen LogP contribution >= 0.6 is 0 Å². The number of aryl methyl sites for hydroxylation is 1. The molecule has 0 amide bonds. The minimum Gasteiger partial charge on any atom is -0.379 e. The van der Waals surface area contributed by atoms with E-state index in [0.717, 1.165) is 19.4 Å². The Morgan fingerprint density at radius 3 is 2.27 bits per heavy atom. The molecular formula is C14H15F6N5O. The highest BCUT2D eigenvalue weighted by molar-refractivity contribution is 5.74. The van der Waals surface area contributed by atoms with Crippen molar-refractivity contribution < 1.29 is 31.1 Å². The van der Waals surface area contributed by atoms with E-state index in [9.17, 15) is 26.3 Å². The first kappa shape index (κ1) is 18.8. The van der Waals surface area contributed by atoms with Gasteiger partial charge < -0.3 is 9.30 Å². The predicted molar refractivity (Wildman–Crippen MR) is 77.2 cm³/mol. The molecule has 144 valence electrons. The largest absolute Gasteiger partial charge is 0.451 e. The van der Waals surface area contributed by atoms with Crippen LogP contribution in [0.3, 0.4) is 0 Å². The fraction of sp³-hybridized carbons (Fsp3) is 0.643. The van der Waals surface area contributed by atoms with Crippen molar-refractivity contribution in [3.05, 3.63) is 17.8 Å². The number of morpholine rings is 1. The van der Waals surface area contributed by atoms with E-state index >= 15 is 0 Å². The molecule has 0 unspecified atom stereocenters. The summed E-state index contributed by atoms with van der Waals surface area (Å²) >= 11 is 0. The van der Waals surface area contributed by atoms with E-state index in [2.05, 4.69) is 19.9 Å². The molecule has 3 heterocycles. The van der Waals surface area contributed by atoms with Gasteiger partial charge in [-0.15, -0.1) is 0 Å².